The number of piperidine rings is 1. The number of pyridine rings is 1. The maximum Gasteiger partial charge on any atom is 0.222 e. The summed E-state index contributed by atoms with van der Waals surface area (Å²) in [5, 5.41) is 0. The van der Waals surface area contributed by atoms with Crippen molar-refractivity contribution in [1.82, 2.24) is 14.8 Å². The number of halogens is 2. The van der Waals surface area contributed by atoms with E-state index >= 15 is 0 Å². The number of rotatable bonds is 6. The van der Waals surface area contributed by atoms with Crippen LogP contribution < -0.4 is 0 Å². The summed E-state index contributed by atoms with van der Waals surface area (Å²) in [7, 11) is 0. The van der Waals surface area contributed by atoms with E-state index < -0.39 is 0 Å². The van der Waals surface area contributed by atoms with Crippen LogP contribution in [0.5, 0.6) is 0 Å². The van der Waals surface area contributed by atoms with Crippen LogP contribution in [0.3, 0.4) is 0 Å². The van der Waals surface area contributed by atoms with Crippen LogP contribution in [0.4, 0.5) is 0 Å². The second-order valence-corrected chi connectivity index (χ2v) is 13.5. The van der Waals surface area contributed by atoms with Crippen molar-refractivity contribution in [2.45, 2.75) is 82.5 Å². The van der Waals surface area contributed by atoms with Crippen molar-refractivity contribution in [2.24, 2.45) is 5.92 Å². The number of amides is 2. The lowest BCUT2D eigenvalue weighted by Crippen LogP contribution is -2.40. The zero-order chi connectivity index (χ0) is 26.2. The van der Waals surface area contributed by atoms with E-state index in [2.05, 4.69) is 55.0 Å². The Labute approximate surface area is 243 Å². The molecule has 1 aromatic heterocycles. The predicted molar refractivity (Wildman–Crippen MR) is 156 cm³/mol. The minimum absolute atomic E-state index is 0.241. The molecule has 7 heteroatoms. The standard InChI is InChI=1S/C31H37Br2N3O2/c32-25-17-23-9-8-22-16-24(20-4-1-5-20)18-26(33)29(22)30(31(23)34-19-25)21-10-14-36(15-11-21)28(38)7-3-13-35-12-2-6-27(35)37/h16-21,30H,1-15H2/t30-/m1/s1. The lowest BCUT2D eigenvalue weighted by atomic mass is 9.74. The molecule has 2 aliphatic heterocycles. The van der Waals surface area contributed by atoms with Crippen LogP contribution >= 0.6 is 31.9 Å². The highest BCUT2D eigenvalue weighted by atomic mass is 79.9. The molecular formula is C31H37Br2N3O2. The normalized spacial score (nSPS) is 22.2. The Morgan fingerprint density at radius 3 is 2.45 bits per heavy atom. The lowest BCUT2D eigenvalue weighted by molar-refractivity contribution is -0.133. The minimum atomic E-state index is 0.241. The minimum Gasteiger partial charge on any atom is -0.343 e. The second kappa shape index (κ2) is 11.4. The molecule has 38 heavy (non-hydrogen) atoms. The highest BCUT2D eigenvalue weighted by Gasteiger charge is 2.37. The van der Waals surface area contributed by atoms with Crippen LogP contribution in [0.1, 0.15) is 97.6 Å². The zero-order valence-corrected chi connectivity index (χ0v) is 25.2. The van der Waals surface area contributed by atoms with Crippen molar-refractivity contribution in [3.63, 3.8) is 0 Å². The number of carbonyl (C=O) groups is 2. The average molecular weight is 643 g/mol. The first-order chi connectivity index (χ1) is 18.5. The number of benzene rings is 1. The van der Waals surface area contributed by atoms with Crippen molar-refractivity contribution in [3.8, 4) is 0 Å². The Balaban J connectivity index is 1.19. The topological polar surface area (TPSA) is 53.5 Å². The molecule has 3 fully saturated rings. The van der Waals surface area contributed by atoms with E-state index in [9.17, 15) is 9.59 Å². The molecule has 2 aliphatic carbocycles. The molecule has 6 rings (SSSR count). The molecule has 3 heterocycles. The second-order valence-electron chi connectivity index (χ2n) is 11.7. The maximum atomic E-state index is 13.0. The molecule has 1 atom stereocenters. The molecule has 0 N–H and O–H groups in total. The highest BCUT2D eigenvalue weighted by molar-refractivity contribution is 9.10. The van der Waals surface area contributed by atoms with Gasteiger partial charge in [0.05, 0.1) is 5.69 Å². The zero-order valence-electron chi connectivity index (χ0n) is 22.1. The fourth-order valence-corrected chi connectivity index (χ4v) is 8.21. The van der Waals surface area contributed by atoms with Crippen LogP contribution in [0.15, 0.2) is 33.3 Å². The van der Waals surface area contributed by atoms with E-state index in [1.54, 1.807) is 0 Å². The van der Waals surface area contributed by atoms with Gasteiger partial charge in [0.15, 0.2) is 0 Å². The van der Waals surface area contributed by atoms with Crippen LogP contribution in [0, 0.1) is 5.92 Å². The Bertz CT molecular complexity index is 1220. The predicted octanol–water partition coefficient (Wildman–Crippen LogP) is 6.75. The third kappa shape index (κ3) is 5.34. The number of aromatic nitrogens is 1. The number of hydrogen-bond acceptors (Lipinski definition) is 3. The molecule has 2 amide bonds. The number of carbonyl (C=O) groups excluding carboxylic acids is 2. The van der Waals surface area contributed by atoms with E-state index in [1.807, 2.05) is 11.1 Å². The van der Waals surface area contributed by atoms with Gasteiger partial charge in [0.1, 0.15) is 0 Å². The maximum absolute atomic E-state index is 13.0. The van der Waals surface area contributed by atoms with E-state index in [0.717, 1.165) is 69.2 Å². The van der Waals surface area contributed by atoms with Gasteiger partial charge in [0.25, 0.3) is 0 Å². The summed E-state index contributed by atoms with van der Waals surface area (Å²) >= 11 is 7.69. The molecule has 202 valence electrons. The lowest BCUT2D eigenvalue weighted by Gasteiger charge is -2.37. The van der Waals surface area contributed by atoms with Gasteiger partial charge in [-0.3, -0.25) is 14.6 Å². The first kappa shape index (κ1) is 26.5. The summed E-state index contributed by atoms with van der Waals surface area (Å²) in [5.41, 5.74) is 6.99. The number of fused-ring (bicyclic) bond motifs is 2. The van der Waals surface area contributed by atoms with Crippen molar-refractivity contribution in [2.75, 3.05) is 26.2 Å². The van der Waals surface area contributed by atoms with Crippen LogP contribution in [-0.4, -0.2) is 52.8 Å². The van der Waals surface area contributed by atoms with Crippen molar-refractivity contribution in [1.29, 1.82) is 0 Å². The summed E-state index contributed by atoms with van der Waals surface area (Å²) in [4.78, 5) is 33.9. The Morgan fingerprint density at radius 2 is 1.74 bits per heavy atom. The van der Waals surface area contributed by atoms with Gasteiger partial charge in [-0.1, -0.05) is 28.4 Å². The van der Waals surface area contributed by atoms with Gasteiger partial charge < -0.3 is 9.80 Å². The number of aryl methyl sites for hydroxylation is 2. The highest BCUT2D eigenvalue weighted by Crippen LogP contribution is 2.47. The van der Waals surface area contributed by atoms with Crippen LogP contribution in [0.25, 0.3) is 0 Å². The third-order valence-electron chi connectivity index (χ3n) is 9.41. The number of hydrogen-bond donors (Lipinski definition) is 0. The molecule has 0 bridgehead atoms. The third-order valence-corrected chi connectivity index (χ3v) is 10.5. The number of nitrogens with zero attached hydrogens (tertiary/aromatic N) is 3. The monoisotopic (exact) mass is 641 g/mol. The molecule has 4 aliphatic rings. The molecule has 0 spiro atoms. The molecule has 1 aromatic carbocycles. The van der Waals surface area contributed by atoms with Crippen molar-refractivity contribution < 1.29 is 9.59 Å². The fraction of sp³-hybridized carbons (Fsp3) is 0.581. The summed E-state index contributed by atoms with van der Waals surface area (Å²) in [5.74, 6) is 1.90. The molecule has 0 unspecified atom stereocenters. The van der Waals surface area contributed by atoms with Crippen LogP contribution in [0.2, 0.25) is 0 Å². The van der Waals surface area contributed by atoms with Gasteiger partial charge in [0.2, 0.25) is 11.8 Å². The Kier molecular flexibility index (Phi) is 7.95. The van der Waals surface area contributed by atoms with Gasteiger partial charge >= 0.3 is 0 Å². The van der Waals surface area contributed by atoms with E-state index in [0.29, 0.717) is 24.7 Å². The molecule has 0 radical (unpaired) electrons. The first-order valence-electron chi connectivity index (χ1n) is 14.5. The quantitative estimate of drug-likeness (QED) is 0.350. The average Bonchev–Trinajstić information content (AvgIpc) is 3.20. The Morgan fingerprint density at radius 1 is 0.947 bits per heavy atom. The van der Waals surface area contributed by atoms with Crippen LogP contribution in [-0.2, 0) is 22.4 Å². The van der Waals surface area contributed by atoms with E-state index in [4.69, 9.17) is 4.98 Å². The smallest absolute Gasteiger partial charge is 0.222 e. The Hall–Kier alpha value is -1.73. The summed E-state index contributed by atoms with van der Waals surface area (Å²) < 4.78 is 2.29. The van der Waals surface area contributed by atoms with E-state index in [1.165, 1.54) is 51.7 Å². The van der Waals surface area contributed by atoms with Gasteiger partial charge in [0, 0.05) is 60.1 Å². The fourth-order valence-electron chi connectivity index (χ4n) is 7.07. The molecular weight excluding hydrogens is 606 g/mol. The SMILES string of the molecule is O=C1CCCN1CCCC(=O)N1CCC([C@H]2c3ncc(Br)cc3CCc3cc(C4CCC4)cc(Br)c32)CC1. The largest absolute Gasteiger partial charge is 0.343 e. The van der Waals surface area contributed by atoms with Crippen molar-refractivity contribution in [3.05, 3.63) is 61.3 Å². The first-order valence-corrected chi connectivity index (χ1v) is 16.1. The van der Waals surface area contributed by atoms with E-state index in [-0.39, 0.29) is 17.7 Å². The van der Waals surface area contributed by atoms with Crippen molar-refractivity contribution >= 4 is 43.7 Å². The van der Waals surface area contributed by atoms with Gasteiger partial charge in [-0.15, -0.1) is 0 Å². The number of likely N-dealkylation sites (tertiary alicyclic amines) is 2. The molecule has 2 aromatic rings. The van der Waals surface area contributed by atoms with Gasteiger partial charge in [-0.2, -0.15) is 0 Å². The van der Waals surface area contributed by atoms with Gasteiger partial charge in [-0.25, -0.2) is 0 Å². The summed E-state index contributed by atoms with van der Waals surface area (Å²) in [6.45, 7) is 3.18. The summed E-state index contributed by atoms with van der Waals surface area (Å²) in [6.07, 6.45) is 12.9. The molecule has 5 nitrogen and oxygen atoms in total. The summed E-state index contributed by atoms with van der Waals surface area (Å²) in [6, 6.07) is 7.16. The molecule has 1 saturated carbocycles. The molecule has 2 saturated heterocycles. The van der Waals surface area contributed by atoms with Gasteiger partial charge in [-0.05, 0) is 114 Å².